The molecule has 1 aromatic rings. The largest absolute Gasteiger partial charge is 0.226 e. The van der Waals surface area contributed by atoms with Crippen LogP contribution < -0.4 is 4.90 Å². The van der Waals surface area contributed by atoms with Crippen molar-refractivity contribution < 1.29 is 0 Å². The first-order valence-corrected chi connectivity index (χ1v) is 3.64. The second-order valence-corrected chi connectivity index (χ2v) is 2.45. The Kier molecular flexibility index (Phi) is 2.64. The van der Waals surface area contributed by atoms with Gasteiger partial charge in [0.1, 0.15) is 0 Å². The Labute approximate surface area is 77.0 Å². The van der Waals surface area contributed by atoms with Gasteiger partial charge in [0.15, 0.2) is 0 Å². The quantitative estimate of drug-likeness (QED) is 0.468. The standard InChI is InChI=1S/C10H6ClN/c1-3-12(4-2)10-8-6-5-7-9(10)11/h1-2,5-8H. The minimum absolute atomic E-state index is 0.549. The number of para-hydroxylation sites is 1. The second kappa shape index (κ2) is 3.72. The number of terminal acetylenes is 2. The van der Waals surface area contributed by atoms with Gasteiger partial charge >= 0.3 is 0 Å². The average Bonchev–Trinajstić information content (AvgIpc) is 2.10. The van der Waals surface area contributed by atoms with Gasteiger partial charge < -0.3 is 0 Å². The molecule has 0 radical (unpaired) electrons. The molecular formula is C10H6ClN. The third kappa shape index (κ3) is 1.53. The van der Waals surface area contributed by atoms with Gasteiger partial charge in [-0.15, -0.1) is 0 Å². The first kappa shape index (κ1) is 8.53. The van der Waals surface area contributed by atoms with Gasteiger partial charge in [-0.3, -0.25) is 0 Å². The van der Waals surface area contributed by atoms with Crippen LogP contribution in [0.5, 0.6) is 0 Å². The number of rotatable bonds is 1. The van der Waals surface area contributed by atoms with Crippen molar-refractivity contribution in [2.75, 3.05) is 4.90 Å². The molecule has 0 unspecified atom stereocenters. The smallest absolute Gasteiger partial charge is 0.0822 e. The van der Waals surface area contributed by atoms with E-state index in [2.05, 4.69) is 12.1 Å². The Hall–Kier alpha value is -1.57. The molecule has 2 heteroatoms. The Balaban J connectivity index is 3.13. The van der Waals surface area contributed by atoms with Crippen LogP contribution in [-0.2, 0) is 0 Å². The number of anilines is 1. The molecule has 0 aliphatic heterocycles. The van der Waals surface area contributed by atoms with Gasteiger partial charge in [-0.25, -0.2) is 4.90 Å². The summed E-state index contributed by atoms with van der Waals surface area (Å²) in [5.41, 5.74) is 0.657. The lowest BCUT2D eigenvalue weighted by molar-refractivity contribution is 1.40. The molecule has 0 fully saturated rings. The molecule has 0 amide bonds. The van der Waals surface area contributed by atoms with Crippen LogP contribution in [0.1, 0.15) is 0 Å². The minimum atomic E-state index is 0.549. The summed E-state index contributed by atoms with van der Waals surface area (Å²) in [7, 11) is 0. The topological polar surface area (TPSA) is 3.24 Å². The fourth-order valence-corrected chi connectivity index (χ4v) is 1.03. The molecule has 0 aliphatic rings. The number of nitrogens with zero attached hydrogens (tertiary/aromatic N) is 1. The molecule has 0 heterocycles. The maximum absolute atomic E-state index is 5.84. The fourth-order valence-electron chi connectivity index (χ4n) is 0.809. The molecule has 58 valence electrons. The lowest BCUT2D eigenvalue weighted by Gasteiger charge is -2.09. The number of hydrogen-bond donors (Lipinski definition) is 0. The Bertz CT molecular complexity index is 343. The van der Waals surface area contributed by atoms with Crippen LogP contribution in [0.15, 0.2) is 24.3 Å². The molecule has 0 saturated heterocycles. The van der Waals surface area contributed by atoms with Crippen molar-refractivity contribution >= 4 is 17.3 Å². The summed E-state index contributed by atoms with van der Waals surface area (Å²) < 4.78 is 0. The highest BCUT2D eigenvalue weighted by molar-refractivity contribution is 6.33. The highest BCUT2D eigenvalue weighted by Gasteiger charge is 2.03. The second-order valence-electron chi connectivity index (χ2n) is 2.05. The molecule has 0 aliphatic carbocycles. The van der Waals surface area contributed by atoms with Crippen molar-refractivity contribution in [1.82, 2.24) is 0 Å². The van der Waals surface area contributed by atoms with Crippen LogP contribution in [0.2, 0.25) is 5.02 Å². The van der Waals surface area contributed by atoms with Gasteiger partial charge in [0.2, 0.25) is 0 Å². The van der Waals surface area contributed by atoms with E-state index in [0.29, 0.717) is 10.7 Å². The third-order valence-corrected chi connectivity index (χ3v) is 1.67. The zero-order valence-corrected chi connectivity index (χ0v) is 7.05. The van der Waals surface area contributed by atoms with Crippen molar-refractivity contribution in [3.8, 4) is 24.9 Å². The summed E-state index contributed by atoms with van der Waals surface area (Å²) >= 11 is 5.84. The van der Waals surface area contributed by atoms with E-state index in [1.54, 1.807) is 12.1 Å². The van der Waals surface area contributed by atoms with E-state index in [9.17, 15) is 0 Å². The summed E-state index contributed by atoms with van der Waals surface area (Å²) in [6.45, 7) is 0. The zero-order valence-electron chi connectivity index (χ0n) is 6.29. The predicted molar refractivity (Wildman–Crippen MR) is 51.6 cm³/mol. The molecular weight excluding hydrogens is 170 g/mol. The molecule has 0 atom stereocenters. The molecule has 0 saturated carbocycles. The van der Waals surface area contributed by atoms with Crippen molar-refractivity contribution in [3.05, 3.63) is 29.3 Å². The third-order valence-electron chi connectivity index (χ3n) is 1.35. The van der Waals surface area contributed by atoms with Crippen molar-refractivity contribution in [2.45, 2.75) is 0 Å². The molecule has 0 aromatic heterocycles. The van der Waals surface area contributed by atoms with E-state index in [0.717, 1.165) is 0 Å². The average molecular weight is 176 g/mol. The van der Waals surface area contributed by atoms with E-state index in [1.807, 2.05) is 12.1 Å². The highest BCUT2D eigenvalue weighted by Crippen LogP contribution is 2.23. The van der Waals surface area contributed by atoms with Crippen LogP contribution in [0.3, 0.4) is 0 Å². The Morgan fingerprint density at radius 1 is 1.17 bits per heavy atom. The van der Waals surface area contributed by atoms with E-state index < -0.39 is 0 Å². The van der Waals surface area contributed by atoms with Crippen LogP contribution >= 0.6 is 11.6 Å². The molecule has 12 heavy (non-hydrogen) atoms. The fraction of sp³-hybridized carbons (Fsp3) is 0. The predicted octanol–water partition coefficient (Wildman–Crippen LogP) is 2.33. The maximum Gasteiger partial charge on any atom is 0.0822 e. The summed E-state index contributed by atoms with van der Waals surface area (Å²) in [6.07, 6.45) is 10.3. The lowest BCUT2D eigenvalue weighted by atomic mass is 10.3. The first-order valence-electron chi connectivity index (χ1n) is 3.26. The van der Waals surface area contributed by atoms with Crippen LogP contribution in [0.25, 0.3) is 0 Å². The zero-order chi connectivity index (χ0) is 8.97. The monoisotopic (exact) mass is 175 g/mol. The maximum atomic E-state index is 5.84. The van der Waals surface area contributed by atoms with E-state index in [4.69, 9.17) is 24.4 Å². The summed E-state index contributed by atoms with van der Waals surface area (Å²) in [5.74, 6) is 0. The van der Waals surface area contributed by atoms with Crippen molar-refractivity contribution in [1.29, 1.82) is 0 Å². The summed E-state index contributed by atoms with van der Waals surface area (Å²) in [4.78, 5) is 1.29. The number of halogens is 1. The molecule has 1 aromatic carbocycles. The highest BCUT2D eigenvalue weighted by atomic mass is 35.5. The number of benzene rings is 1. The van der Waals surface area contributed by atoms with Crippen molar-refractivity contribution in [3.63, 3.8) is 0 Å². The first-order chi connectivity index (χ1) is 5.79. The van der Waals surface area contributed by atoms with E-state index in [1.165, 1.54) is 4.90 Å². The van der Waals surface area contributed by atoms with Gasteiger partial charge in [-0.1, -0.05) is 36.6 Å². The van der Waals surface area contributed by atoms with Crippen molar-refractivity contribution in [2.24, 2.45) is 0 Å². The van der Waals surface area contributed by atoms with Gasteiger partial charge in [0.25, 0.3) is 0 Å². The summed E-state index contributed by atoms with van der Waals surface area (Å²) in [5, 5.41) is 0.549. The van der Waals surface area contributed by atoms with Crippen LogP contribution in [0, 0.1) is 24.9 Å². The molecule has 0 bridgehead atoms. The Morgan fingerprint density at radius 2 is 1.75 bits per heavy atom. The SMILES string of the molecule is C#CN(C#C)c1ccccc1Cl. The minimum Gasteiger partial charge on any atom is -0.226 e. The van der Waals surface area contributed by atoms with Crippen LogP contribution in [-0.4, -0.2) is 0 Å². The Morgan fingerprint density at radius 3 is 2.25 bits per heavy atom. The van der Waals surface area contributed by atoms with Gasteiger partial charge in [0, 0.05) is 12.1 Å². The molecule has 1 rings (SSSR count). The van der Waals surface area contributed by atoms with E-state index >= 15 is 0 Å². The van der Waals surface area contributed by atoms with Gasteiger partial charge in [0.05, 0.1) is 10.7 Å². The molecule has 1 nitrogen and oxygen atoms in total. The normalized spacial score (nSPS) is 8.25. The number of hydrogen-bond acceptors (Lipinski definition) is 1. The van der Waals surface area contributed by atoms with E-state index in [-0.39, 0.29) is 0 Å². The van der Waals surface area contributed by atoms with Crippen LogP contribution in [0.4, 0.5) is 5.69 Å². The lowest BCUT2D eigenvalue weighted by Crippen LogP contribution is -2.07. The summed E-state index contributed by atoms with van der Waals surface area (Å²) in [6, 6.07) is 11.8. The van der Waals surface area contributed by atoms with Gasteiger partial charge in [-0.2, -0.15) is 0 Å². The molecule has 0 N–H and O–H groups in total. The van der Waals surface area contributed by atoms with Gasteiger partial charge in [-0.05, 0) is 12.1 Å². The molecule has 0 spiro atoms.